The van der Waals surface area contributed by atoms with E-state index in [4.69, 9.17) is 5.73 Å². The summed E-state index contributed by atoms with van der Waals surface area (Å²) >= 11 is 0. The molecule has 3 aromatic rings. The molecule has 90 valence electrons. The van der Waals surface area contributed by atoms with E-state index in [9.17, 15) is 0 Å². The maximum atomic E-state index is 5.36. The molecule has 18 heavy (non-hydrogen) atoms. The minimum absolute atomic E-state index is 0.822. The predicted octanol–water partition coefficient (Wildman–Crippen LogP) is 1.93. The molecule has 3 rings (SSSR count). The molecule has 0 aliphatic rings. The first kappa shape index (κ1) is 11.8. The Morgan fingerprint density at radius 3 is 1.89 bits per heavy atom. The molecule has 0 atom stereocenters. The van der Waals surface area contributed by atoms with E-state index in [1.165, 1.54) is 0 Å². The number of tetrazole rings is 1. The van der Waals surface area contributed by atoms with E-state index >= 15 is 0 Å². The van der Waals surface area contributed by atoms with Crippen LogP contribution >= 0.6 is 0 Å². The van der Waals surface area contributed by atoms with Crippen molar-refractivity contribution in [2.45, 2.75) is 0 Å². The molecule has 0 fully saturated rings. The van der Waals surface area contributed by atoms with Crippen LogP contribution in [0.1, 0.15) is 0 Å². The minimum atomic E-state index is 0.822. The lowest BCUT2D eigenvalue weighted by Crippen LogP contribution is -1.93. The topological polar surface area (TPSA) is 69.6 Å². The van der Waals surface area contributed by atoms with Gasteiger partial charge in [-0.15, -0.1) is 5.10 Å². The third-order valence-electron chi connectivity index (χ3n) is 2.17. The van der Waals surface area contributed by atoms with Gasteiger partial charge in [-0.1, -0.05) is 36.4 Å². The van der Waals surface area contributed by atoms with Gasteiger partial charge in [0.1, 0.15) is 6.33 Å². The van der Waals surface area contributed by atoms with E-state index in [-0.39, 0.29) is 0 Å². The van der Waals surface area contributed by atoms with Crippen molar-refractivity contribution < 1.29 is 0 Å². The first-order valence-corrected chi connectivity index (χ1v) is 5.45. The third kappa shape index (κ3) is 3.41. The highest BCUT2D eigenvalue weighted by atomic mass is 15.5. The van der Waals surface area contributed by atoms with Crippen molar-refractivity contribution in [3.63, 3.8) is 0 Å². The van der Waals surface area contributed by atoms with Crippen molar-refractivity contribution >= 4 is 5.69 Å². The summed E-state index contributed by atoms with van der Waals surface area (Å²) in [6, 6.07) is 19.2. The number of nitrogens with two attached hydrogens (primary N) is 1. The first-order valence-electron chi connectivity index (χ1n) is 5.45. The number of hydrogen-bond donors (Lipinski definition) is 1. The molecule has 0 amide bonds. The third-order valence-corrected chi connectivity index (χ3v) is 2.17. The fourth-order valence-electron chi connectivity index (χ4n) is 1.31. The average Bonchev–Trinajstić information content (AvgIpc) is 2.95. The Morgan fingerprint density at radius 1 is 0.833 bits per heavy atom. The quantitative estimate of drug-likeness (QED) is 0.659. The van der Waals surface area contributed by atoms with Crippen LogP contribution in [0.5, 0.6) is 0 Å². The molecule has 0 saturated carbocycles. The van der Waals surface area contributed by atoms with Crippen molar-refractivity contribution in [2.75, 3.05) is 5.73 Å². The molecule has 0 radical (unpaired) electrons. The highest BCUT2D eigenvalue weighted by Gasteiger charge is 1.92. The Morgan fingerprint density at radius 2 is 1.44 bits per heavy atom. The smallest absolute Gasteiger partial charge is 0.143 e. The summed E-state index contributed by atoms with van der Waals surface area (Å²) in [5.41, 5.74) is 7.15. The van der Waals surface area contributed by atoms with Gasteiger partial charge in [0.25, 0.3) is 0 Å². The van der Waals surface area contributed by atoms with E-state index in [0.717, 1.165) is 11.4 Å². The standard InChI is InChI=1S/C7H6N4.C6H7N/c1-2-4-7(5-3-1)11-6-8-9-10-11;7-6-4-2-1-3-5-6/h1-6H;1-5H,7H2. The zero-order valence-corrected chi connectivity index (χ0v) is 9.72. The van der Waals surface area contributed by atoms with Gasteiger partial charge in [0.15, 0.2) is 0 Å². The van der Waals surface area contributed by atoms with Gasteiger partial charge in [-0.25, -0.2) is 4.68 Å². The van der Waals surface area contributed by atoms with Gasteiger partial charge in [-0.3, -0.25) is 0 Å². The fraction of sp³-hybridized carbons (Fsp3) is 0. The molecule has 0 saturated heterocycles. The Balaban J connectivity index is 0.000000149. The SMILES string of the molecule is Nc1ccccc1.c1ccc(-n2cnnn2)cc1. The van der Waals surface area contributed by atoms with Crippen molar-refractivity contribution in [1.29, 1.82) is 0 Å². The average molecular weight is 239 g/mol. The second-order valence-corrected chi connectivity index (χ2v) is 3.50. The molecule has 0 bridgehead atoms. The van der Waals surface area contributed by atoms with Gasteiger partial charge < -0.3 is 5.73 Å². The molecule has 0 aliphatic carbocycles. The zero-order chi connectivity index (χ0) is 12.6. The maximum absolute atomic E-state index is 5.36. The van der Waals surface area contributed by atoms with Crippen LogP contribution in [0.25, 0.3) is 5.69 Å². The Kier molecular flexibility index (Phi) is 4.02. The summed E-state index contributed by atoms with van der Waals surface area (Å²) in [4.78, 5) is 0. The van der Waals surface area contributed by atoms with Gasteiger partial charge in [-0.2, -0.15) is 0 Å². The van der Waals surface area contributed by atoms with Crippen molar-refractivity contribution in [1.82, 2.24) is 20.2 Å². The number of benzene rings is 2. The zero-order valence-electron chi connectivity index (χ0n) is 9.72. The van der Waals surface area contributed by atoms with Crippen LogP contribution in [0.3, 0.4) is 0 Å². The molecule has 0 spiro atoms. The summed E-state index contributed by atoms with van der Waals surface area (Å²) in [6.45, 7) is 0. The second kappa shape index (κ2) is 6.15. The Bertz CT molecular complexity index is 548. The van der Waals surface area contributed by atoms with Gasteiger partial charge in [0, 0.05) is 5.69 Å². The van der Waals surface area contributed by atoms with Crippen LogP contribution in [-0.4, -0.2) is 20.2 Å². The van der Waals surface area contributed by atoms with Crippen molar-refractivity contribution in [3.8, 4) is 5.69 Å². The molecule has 1 heterocycles. The second-order valence-electron chi connectivity index (χ2n) is 3.50. The summed E-state index contributed by atoms with van der Waals surface area (Å²) in [5, 5.41) is 10.8. The van der Waals surface area contributed by atoms with E-state index in [1.807, 2.05) is 60.7 Å². The van der Waals surface area contributed by atoms with Gasteiger partial charge >= 0.3 is 0 Å². The van der Waals surface area contributed by atoms with Crippen LogP contribution in [0, 0.1) is 0 Å². The van der Waals surface area contributed by atoms with Crippen LogP contribution < -0.4 is 5.73 Å². The lowest BCUT2D eigenvalue weighted by Gasteiger charge is -1.94. The number of anilines is 1. The number of nitrogens with zero attached hydrogens (tertiary/aromatic N) is 4. The summed E-state index contributed by atoms with van der Waals surface area (Å²) in [5.74, 6) is 0. The highest BCUT2D eigenvalue weighted by Crippen LogP contribution is 2.01. The Hall–Kier alpha value is -2.69. The normalized spacial score (nSPS) is 9.33. The van der Waals surface area contributed by atoms with Crippen LogP contribution in [0.15, 0.2) is 67.0 Å². The van der Waals surface area contributed by atoms with Crippen LogP contribution in [0.2, 0.25) is 0 Å². The fourth-order valence-corrected chi connectivity index (χ4v) is 1.31. The van der Waals surface area contributed by atoms with E-state index < -0.39 is 0 Å². The van der Waals surface area contributed by atoms with Crippen LogP contribution in [-0.2, 0) is 0 Å². The van der Waals surface area contributed by atoms with Gasteiger partial charge in [0.2, 0.25) is 0 Å². The molecular weight excluding hydrogens is 226 g/mol. The molecule has 0 aliphatic heterocycles. The predicted molar refractivity (Wildman–Crippen MR) is 70.0 cm³/mol. The molecule has 1 aromatic heterocycles. The number of rotatable bonds is 1. The molecule has 5 heteroatoms. The van der Waals surface area contributed by atoms with E-state index in [0.29, 0.717) is 0 Å². The number of hydrogen-bond acceptors (Lipinski definition) is 4. The van der Waals surface area contributed by atoms with Crippen molar-refractivity contribution in [3.05, 3.63) is 67.0 Å². The molecule has 2 aromatic carbocycles. The molecule has 2 N–H and O–H groups in total. The lowest BCUT2D eigenvalue weighted by molar-refractivity contribution is 0.789. The largest absolute Gasteiger partial charge is 0.399 e. The maximum Gasteiger partial charge on any atom is 0.143 e. The Labute approximate surface area is 105 Å². The number of aromatic nitrogens is 4. The van der Waals surface area contributed by atoms with Gasteiger partial charge in [0.05, 0.1) is 5.69 Å². The molecule has 0 unspecified atom stereocenters. The summed E-state index contributed by atoms with van der Waals surface area (Å²) in [7, 11) is 0. The van der Waals surface area contributed by atoms with Crippen molar-refractivity contribution in [2.24, 2.45) is 0 Å². The van der Waals surface area contributed by atoms with Crippen LogP contribution in [0.4, 0.5) is 5.69 Å². The number of para-hydroxylation sites is 2. The molecular formula is C13H13N5. The highest BCUT2D eigenvalue weighted by molar-refractivity contribution is 5.35. The first-order chi connectivity index (χ1) is 8.86. The number of nitrogen functional groups attached to an aromatic ring is 1. The van der Waals surface area contributed by atoms with E-state index in [2.05, 4.69) is 15.5 Å². The van der Waals surface area contributed by atoms with E-state index in [1.54, 1.807) is 11.0 Å². The minimum Gasteiger partial charge on any atom is -0.399 e. The summed E-state index contributed by atoms with van der Waals surface area (Å²) in [6.07, 6.45) is 1.56. The molecule has 5 nitrogen and oxygen atoms in total. The lowest BCUT2D eigenvalue weighted by atomic mass is 10.3. The van der Waals surface area contributed by atoms with Gasteiger partial charge in [-0.05, 0) is 34.7 Å². The monoisotopic (exact) mass is 239 g/mol. The summed E-state index contributed by atoms with van der Waals surface area (Å²) < 4.78 is 1.61.